The number of hydrogen-bond donors (Lipinski definition) is 0. The largest absolute Gasteiger partial charge is 0.469 e. The minimum Gasteiger partial charge on any atom is -0.469 e. The van der Waals surface area contributed by atoms with Crippen LogP contribution in [0.5, 0.6) is 0 Å². The summed E-state index contributed by atoms with van der Waals surface area (Å²) in [7, 11) is 1.40. The Hall–Kier alpha value is -1.91. The first-order valence-corrected chi connectivity index (χ1v) is 9.38. The molecule has 0 aliphatic heterocycles. The highest BCUT2D eigenvalue weighted by molar-refractivity contribution is 5.94. The molecule has 5 nitrogen and oxygen atoms in total. The summed E-state index contributed by atoms with van der Waals surface area (Å²) in [6.45, 7) is 0.437. The van der Waals surface area contributed by atoms with Crippen molar-refractivity contribution in [1.29, 1.82) is 0 Å². The van der Waals surface area contributed by atoms with Gasteiger partial charge in [-0.15, -0.1) is 0 Å². The lowest BCUT2D eigenvalue weighted by atomic mass is 9.52. The summed E-state index contributed by atoms with van der Waals surface area (Å²) in [4.78, 5) is 31.1. The molecular formula is C20H26N2O3. The molecule has 0 atom stereocenters. The van der Waals surface area contributed by atoms with Crippen molar-refractivity contribution in [1.82, 2.24) is 9.88 Å². The van der Waals surface area contributed by atoms with Gasteiger partial charge in [-0.2, -0.15) is 0 Å². The summed E-state index contributed by atoms with van der Waals surface area (Å²) in [6.07, 6.45) is 10.8. The summed E-state index contributed by atoms with van der Waals surface area (Å²) in [5.41, 5.74) is 0.540. The van der Waals surface area contributed by atoms with Crippen molar-refractivity contribution in [3.63, 3.8) is 0 Å². The zero-order valence-corrected chi connectivity index (χ0v) is 14.8. The molecule has 1 heterocycles. The molecule has 4 aliphatic rings. The Morgan fingerprint density at radius 2 is 1.84 bits per heavy atom. The number of carbonyl (C=O) groups is 2. The second-order valence-corrected chi connectivity index (χ2v) is 8.17. The fourth-order valence-electron chi connectivity index (χ4n) is 5.90. The average molecular weight is 342 g/mol. The summed E-state index contributed by atoms with van der Waals surface area (Å²) in [5, 5.41) is 0. The number of rotatable bonds is 5. The van der Waals surface area contributed by atoms with Crippen LogP contribution in [-0.4, -0.2) is 41.0 Å². The van der Waals surface area contributed by atoms with Gasteiger partial charge in [-0.25, -0.2) is 0 Å². The zero-order valence-electron chi connectivity index (χ0n) is 14.8. The number of methoxy groups -OCH3 is 1. The molecule has 0 radical (unpaired) electrons. The van der Waals surface area contributed by atoms with E-state index >= 15 is 0 Å². The molecule has 1 aromatic rings. The molecule has 4 aliphatic carbocycles. The van der Waals surface area contributed by atoms with Gasteiger partial charge in [0.05, 0.1) is 19.1 Å². The summed E-state index contributed by atoms with van der Waals surface area (Å²) >= 11 is 0. The van der Waals surface area contributed by atoms with Crippen LogP contribution in [-0.2, 0) is 9.53 Å². The smallest absolute Gasteiger partial charge is 0.307 e. The molecule has 0 unspecified atom stereocenters. The molecule has 134 valence electrons. The number of hydrogen-bond acceptors (Lipinski definition) is 4. The second kappa shape index (κ2) is 6.43. The van der Waals surface area contributed by atoms with Crippen molar-refractivity contribution in [3.8, 4) is 0 Å². The van der Waals surface area contributed by atoms with Gasteiger partial charge in [0.25, 0.3) is 5.91 Å². The minimum absolute atomic E-state index is 0.0129. The predicted molar refractivity (Wildman–Crippen MR) is 92.8 cm³/mol. The van der Waals surface area contributed by atoms with Crippen molar-refractivity contribution in [2.75, 3.05) is 13.7 Å². The minimum atomic E-state index is -0.256. The maximum atomic E-state index is 13.3. The molecule has 4 saturated carbocycles. The first-order valence-electron chi connectivity index (χ1n) is 9.38. The van der Waals surface area contributed by atoms with E-state index < -0.39 is 0 Å². The normalized spacial score (nSPS) is 32.4. The fraction of sp³-hybridized carbons (Fsp3) is 0.650. The summed E-state index contributed by atoms with van der Waals surface area (Å²) < 4.78 is 4.82. The Morgan fingerprint density at radius 3 is 2.36 bits per heavy atom. The molecule has 1 amide bonds. The van der Waals surface area contributed by atoms with Crippen molar-refractivity contribution >= 4 is 11.9 Å². The van der Waals surface area contributed by atoms with Crippen LogP contribution < -0.4 is 0 Å². The van der Waals surface area contributed by atoms with Gasteiger partial charge in [-0.3, -0.25) is 14.6 Å². The van der Waals surface area contributed by atoms with Gasteiger partial charge >= 0.3 is 5.97 Å². The van der Waals surface area contributed by atoms with Crippen LogP contribution in [0.4, 0.5) is 0 Å². The lowest BCUT2D eigenvalue weighted by molar-refractivity contribution is -0.141. The number of ether oxygens (including phenoxy) is 1. The van der Waals surface area contributed by atoms with Crippen LogP contribution in [0.2, 0.25) is 0 Å². The lowest BCUT2D eigenvalue weighted by Gasteiger charge is -2.60. The molecule has 0 spiro atoms. The third-order valence-electron chi connectivity index (χ3n) is 6.50. The molecule has 0 aromatic carbocycles. The second-order valence-electron chi connectivity index (χ2n) is 8.17. The van der Waals surface area contributed by atoms with Crippen LogP contribution >= 0.6 is 0 Å². The van der Waals surface area contributed by atoms with Crippen LogP contribution in [0.3, 0.4) is 0 Å². The number of esters is 1. The van der Waals surface area contributed by atoms with E-state index in [1.807, 2.05) is 11.0 Å². The van der Waals surface area contributed by atoms with Crippen LogP contribution in [0.25, 0.3) is 0 Å². The lowest BCUT2D eigenvalue weighted by Crippen LogP contribution is -2.61. The van der Waals surface area contributed by atoms with Gasteiger partial charge in [0.1, 0.15) is 0 Å². The Morgan fingerprint density at radius 1 is 1.20 bits per heavy atom. The highest BCUT2D eigenvalue weighted by atomic mass is 16.5. The van der Waals surface area contributed by atoms with E-state index in [1.165, 1.54) is 26.4 Å². The van der Waals surface area contributed by atoms with Gasteiger partial charge < -0.3 is 9.64 Å². The number of amides is 1. The first kappa shape index (κ1) is 16.6. The van der Waals surface area contributed by atoms with Crippen molar-refractivity contribution in [2.45, 2.75) is 50.5 Å². The van der Waals surface area contributed by atoms with E-state index in [1.54, 1.807) is 18.5 Å². The Bertz CT molecular complexity index is 623. The third-order valence-corrected chi connectivity index (χ3v) is 6.50. The Labute approximate surface area is 148 Å². The average Bonchev–Trinajstić information content (AvgIpc) is 2.61. The van der Waals surface area contributed by atoms with E-state index in [2.05, 4.69) is 4.98 Å². The monoisotopic (exact) mass is 342 g/mol. The molecule has 25 heavy (non-hydrogen) atoms. The predicted octanol–water partition coefficient (Wildman–Crippen LogP) is 3.06. The van der Waals surface area contributed by atoms with E-state index in [0.717, 1.165) is 37.0 Å². The Kier molecular flexibility index (Phi) is 4.26. The fourth-order valence-corrected chi connectivity index (χ4v) is 5.90. The number of aromatic nitrogens is 1. The van der Waals surface area contributed by atoms with Crippen molar-refractivity contribution in [2.24, 2.45) is 17.8 Å². The summed E-state index contributed by atoms with van der Waals surface area (Å²) in [6, 6.07) is 3.62. The van der Waals surface area contributed by atoms with E-state index in [-0.39, 0.29) is 23.8 Å². The van der Waals surface area contributed by atoms with E-state index in [9.17, 15) is 9.59 Å². The highest BCUT2D eigenvalue weighted by Gasteiger charge is 2.54. The summed E-state index contributed by atoms with van der Waals surface area (Å²) in [5.74, 6) is 1.99. The molecule has 4 fully saturated rings. The number of nitrogens with zero attached hydrogens (tertiary/aromatic N) is 2. The first-order chi connectivity index (χ1) is 12.1. The number of carbonyl (C=O) groups excluding carboxylic acids is 2. The molecule has 5 heteroatoms. The van der Waals surface area contributed by atoms with Crippen LogP contribution in [0, 0.1) is 17.8 Å². The standard InChI is InChI=1S/C20H26N2O3/c1-25-18(23)4-6-22(19(24)17-3-2-5-21-13-17)20-10-14-7-15(11-20)9-16(8-14)12-20/h2-3,5,13-16H,4,6-12H2,1H3. The molecule has 0 N–H and O–H groups in total. The van der Waals surface area contributed by atoms with E-state index in [4.69, 9.17) is 4.74 Å². The molecular weight excluding hydrogens is 316 g/mol. The van der Waals surface area contributed by atoms with Gasteiger partial charge in [0.2, 0.25) is 0 Å². The molecule has 4 bridgehead atoms. The van der Waals surface area contributed by atoms with Crippen LogP contribution in [0.1, 0.15) is 55.3 Å². The highest BCUT2D eigenvalue weighted by Crippen LogP contribution is 2.58. The quantitative estimate of drug-likeness (QED) is 0.772. The zero-order chi connectivity index (χ0) is 17.4. The van der Waals surface area contributed by atoms with Gasteiger partial charge in [-0.05, 0) is 68.4 Å². The maximum absolute atomic E-state index is 13.3. The van der Waals surface area contributed by atoms with Gasteiger partial charge in [-0.1, -0.05) is 0 Å². The van der Waals surface area contributed by atoms with Gasteiger partial charge in [0, 0.05) is 24.5 Å². The molecule has 5 rings (SSSR count). The van der Waals surface area contributed by atoms with Crippen LogP contribution in [0.15, 0.2) is 24.5 Å². The number of pyridine rings is 1. The topological polar surface area (TPSA) is 59.5 Å². The van der Waals surface area contributed by atoms with Crippen molar-refractivity contribution in [3.05, 3.63) is 30.1 Å². The van der Waals surface area contributed by atoms with E-state index in [0.29, 0.717) is 12.1 Å². The Balaban J connectivity index is 1.63. The molecule has 0 saturated heterocycles. The third kappa shape index (κ3) is 3.05. The van der Waals surface area contributed by atoms with Gasteiger partial charge in [0.15, 0.2) is 0 Å². The maximum Gasteiger partial charge on any atom is 0.307 e. The van der Waals surface area contributed by atoms with Crippen molar-refractivity contribution < 1.29 is 14.3 Å². The molecule has 1 aromatic heterocycles. The SMILES string of the molecule is COC(=O)CCN(C(=O)c1cccnc1)C12CC3CC(CC(C3)C1)C2.